The molecule has 0 fully saturated rings. The minimum atomic E-state index is -5.72. The van der Waals surface area contributed by atoms with E-state index in [2.05, 4.69) is 0 Å². The van der Waals surface area contributed by atoms with E-state index in [-0.39, 0.29) is 100 Å². The third-order valence-corrected chi connectivity index (χ3v) is 8.90. The topological polar surface area (TPSA) is 261 Å². The van der Waals surface area contributed by atoms with Crippen molar-refractivity contribution in [2.45, 2.75) is 26.5 Å². The predicted molar refractivity (Wildman–Crippen MR) is 116 cm³/mol. The van der Waals surface area contributed by atoms with Crippen molar-refractivity contribution in [3.63, 3.8) is 0 Å². The molecule has 0 amide bonds. The first-order valence-electron chi connectivity index (χ1n) is 9.00. The molecule has 0 spiro atoms. The summed E-state index contributed by atoms with van der Waals surface area (Å²) in [6.07, 6.45) is 0. The molecule has 0 aliphatic heterocycles. The number of benzene rings is 3. The SMILES string of the molecule is Cc1c([N+](=O)[O-])cccc1S(=O)(=O)Nc1ccc(S(=O)(=O)[O-])c2cc(S(=O)(=O)[O-])cc(S(=O)(=O)[O-])c12.[Na+].[Na+].[Na+]. The zero-order valence-electron chi connectivity index (χ0n) is 20.4. The maximum absolute atomic E-state index is 13.0. The first-order valence-corrected chi connectivity index (χ1v) is 14.7. The van der Waals surface area contributed by atoms with Crippen LogP contribution >= 0.6 is 0 Å². The van der Waals surface area contributed by atoms with Crippen LogP contribution in [0.2, 0.25) is 0 Å². The second-order valence-electron chi connectivity index (χ2n) is 7.08. The van der Waals surface area contributed by atoms with E-state index in [0.29, 0.717) is 18.2 Å². The maximum Gasteiger partial charge on any atom is 1.00 e. The van der Waals surface area contributed by atoms with E-state index in [1.165, 1.54) is 0 Å². The fraction of sp³-hybridized carbons (Fsp3) is 0.0588. The molecule has 3 rings (SSSR count). The number of nitro groups is 1. The fourth-order valence-corrected chi connectivity index (χ4v) is 6.67. The second-order valence-corrected chi connectivity index (χ2v) is 12.8. The number of nitrogens with zero attached hydrogens (tertiary/aromatic N) is 1. The van der Waals surface area contributed by atoms with Crippen molar-refractivity contribution in [3.05, 3.63) is 58.1 Å². The molecule has 0 aromatic heterocycles. The van der Waals surface area contributed by atoms with E-state index in [1.807, 2.05) is 4.72 Å². The summed E-state index contributed by atoms with van der Waals surface area (Å²) in [5.74, 6) is 0. The van der Waals surface area contributed by atoms with Crippen LogP contribution in [0.25, 0.3) is 10.8 Å². The molecule has 3 aromatic rings. The van der Waals surface area contributed by atoms with Gasteiger partial charge in [-0.05, 0) is 37.3 Å². The van der Waals surface area contributed by atoms with Gasteiger partial charge >= 0.3 is 88.7 Å². The summed E-state index contributed by atoms with van der Waals surface area (Å²) in [6, 6.07) is 4.48. The van der Waals surface area contributed by atoms with E-state index in [4.69, 9.17) is 0 Å². The fourth-order valence-electron chi connectivity index (χ4n) is 3.33. The smallest absolute Gasteiger partial charge is 0.744 e. The zero-order chi connectivity index (χ0) is 27.4. The van der Waals surface area contributed by atoms with Crippen LogP contribution in [0.1, 0.15) is 5.56 Å². The molecule has 0 heterocycles. The van der Waals surface area contributed by atoms with Crippen molar-refractivity contribution in [2.24, 2.45) is 0 Å². The first kappa shape index (κ1) is 38.8. The second kappa shape index (κ2) is 13.4. The third kappa shape index (κ3) is 8.43. The molecule has 1 N–H and O–H groups in total. The number of hydrogen-bond acceptors (Lipinski definition) is 13. The van der Waals surface area contributed by atoms with Crippen molar-refractivity contribution in [3.8, 4) is 0 Å². The Morgan fingerprint density at radius 2 is 1.26 bits per heavy atom. The van der Waals surface area contributed by atoms with Gasteiger partial charge in [0.05, 0.1) is 30.2 Å². The van der Waals surface area contributed by atoms with E-state index in [9.17, 15) is 57.4 Å². The normalized spacial score (nSPS) is 12.0. The summed E-state index contributed by atoms with van der Waals surface area (Å²) in [7, 11) is -21.5. The molecule has 0 saturated heterocycles. The molecule has 22 heteroatoms. The number of anilines is 1. The summed E-state index contributed by atoms with van der Waals surface area (Å²) in [4.78, 5) is 5.47. The maximum atomic E-state index is 13.0. The predicted octanol–water partition coefficient (Wildman–Crippen LogP) is -8.42. The van der Waals surface area contributed by atoms with Gasteiger partial charge in [0.1, 0.15) is 30.4 Å². The third-order valence-electron chi connectivity index (χ3n) is 4.83. The van der Waals surface area contributed by atoms with Gasteiger partial charge in [0.2, 0.25) is 0 Å². The number of fused-ring (bicyclic) bond motifs is 1. The Kier molecular flexibility index (Phi) is 13.3. The van der Waals surface area contributed by atoms with Crippen molar-refractivity contribution in [1.29, 1.82) is 0 Å². The summed E-state index contributed by atoms with van der Waals surface area (Å²) in [5.41, 5.74) is -1.74. The number of nitro benzene ring substituents is 1. The average molecular weight is 649 g/mol. The van der Waals surface area contributed by atoms with Gasteiger partial charge < -0.3 is 13.7 Å². The van der Waals surface area contributed by atoms with Crippen LogP contribution in [0.3, 0.4) is 0 Å². The van der Waals surface area contributed by atoms with Gasteiger partial charge in [0, 0.05) is 22.4 Å². The monoisotopic (exact) mass is 648 g/mol. The molecule has 194 valence electrons. The standard InChI is InChI=1S/C17H14N2O13S4.3Na/c1-9-13(19(20)21)3-2-4-14(9)33(22,23)18-12-5-6-15(35(27,28)29)11-7-10(34(24,25)26)8-16(17(11)12)36(30,31)32;;;/h2-8,18H,1H3,(H,24,25,26)(H,27,28,29)(H,30,31,32);;;/q;3*+1/p-3. The van der Waals surface area contributed by atoms with E-state index in [0.717, 1.165) is 25.1 Å². The molecule has 3 aromatic carbocycles. The van der Waals surface area contributed by atoms with Crippen LogP contribution in [-0.2, 0) is 40.4 Å². The number of sulfonamides is 1. The van der Waals surface area contributed by atoms with E-state index >= 15 is 0 Å². The Morgan fingerprint density at radius 1 is 0.718 bits per heavy atom. The molecule has 0 unspecified atom stereocenters. The Hall–Kier alpha value is -0.200. The van der Waals surface area contributed by atoms with Crippen molar-refractivity contribution >= 4 is 62.5 Å². The Morgan fingerprint density at radius 3 is 1.72 bits per heavy atom. The van der Waals surface area contributed by atoms with Crippen LogP contribution < -0.4 is 93.4 Å². The van der Waals surface area contributed by atoms with E-state index < -0.39 is 87.0 Å². The van der Waals surface area contributed by atoms with Crippen LogP contribution in [0.15, 0.2) is 62.0 Å². The number of nitrogens with one attached hydrogen (secondary N) is 1. The molecule has 0 bridgehead atoms. The quantitative estimate of drug-likeness (QED) is 0.108. The van der Waals surface area contributed by atoms with Gasteiger partial charge in [-0.3, -0.25) is 14.8 Å². The molecule has 39 heavy (non-hydrogen) atoms. The van der Waals surface area contributed by atoms with E-state index in [1.54, 1.807) is 0 Å². The molecule has 0 aliphatic rings. The van der Waals surface area contributed by atoms with Gasteiger partial charge in [0.15, 0.2) is 0 Å². The molecule has 0 atom stereocenters. The molecule has 15 nitrogen and oxygen atoms in total. The van der Waals surface area contributed by atoms with Gasteiger partial charge in [-0.2, -0.15) is 0 Å². The first-order chi connectivity index (χ1) is 16.2. The molecule has 0 radical (unpaired) electrons. The summed E-state index contributed by atoms with van der Waals surface area (Å²) in [6.45, 7) is 1.09. The van der Waals surface area contributed by atoms with Gasteiger partial charge in [-0.25, -0.2) is 33.7 Å². The Bertz CT molecular complexity index is 1900. The minimum absolute atomic E-state index is 0. The average Bonchev–Trinajstić information content (AvgIpc) is 2.70. The molecule has 0 aliphatic carbocycles. The summed E-state index contributed by atoms with van der Waals surface area (Å²) in [5, 5.41) is 9.09. The van der Waals surface area contributed by atoms with Gasteiger partial charge in [-0.1, -0.05) is 6.07 Å². The van der Waals surface area contributed by atoms with Gasteiger partial charge in [0.25, 0.3) is 15.7 Å². The van der Waals surface area contributed by atoms with Gasteiger partial charge in [-0.15, -0.1) is 0 Å². The van der Waals surface area contributed by atoms with Crippen molar-refractivity contribution < 1.29 is 141 Å². The Balaban J connectivity index is 0.00000481. The van der Waals surface area contributed by atoms with Crippen LogP contribution in [0.5, 0.6) is 0 Å². The zero-order valence-corrected chi connectivity index (χ0v) is 29.7. The summed E-state index contributed by atoms with van der Waals surface area (Å²) >= 11 is 0. The summed E-state index contributed by atoms with van der Waals surface area (Å²) < 4.78 is 133. The van der Waals surface area contributed by atoms with Crippen LogP contribution in [0.4, 0.5) is 11.4 Å². The minimum Gasteiger partial charge on any atom is -0.744 e. The number of rotatable bonds is 7. The van der Waals surface area contributed by atoms with Crippen molar-refractivity contribution in [1.82, 2.24) is 0 Å². The Labute approximate surface area is 289 Å². The largest absolute Gasteiger partial charge is 1.00 e. The molecule has 0 saturated carbocycles. The molecular weight excluding hydrogens is 637 g/mol. The molecular formula is C17H11N2Na3O13S4. The van der Waals surface area contributed by atoms with Crippen molar-refractivity contribution in [2.75, 3.05) is 4.72 Å². The number of hydrogen-bond donors (Lipinski definition) is 1. The van der Waals surface area contributed by atoms with Crippen LogP contribution in [-0.4, -0.2) is 52.3 Å². The van der Waals surface area contributed by atoms with Crippen LogP contribution in [0, 0.1) is 17.0 Å².